The predicted molar refractivity (Wildman–Crippen MR) is 107 cm³/mol. The van der Waals surface area contributed by atoms with Gasteiger partial charge in [0.25, 0.3) is 0 Å². The molecule has 0 radical (unpaired) electrons. The van der Waals surface area contributed by atoms with Crippen LogP contribution in [0.15, 0.2) is 29.5 Å². The molecule has 2 aromatic rings. The Morgan fingerprint density at radius 3 is 2.54 bits per heavy atom. The number of carboxylic acid groups (broad SMARTS) is 1. The average molecular weight is 428 g/mol. The Balaban J connectivity index is 0.000000500. The number of thiazole rings is 1. The van der Waals surface area contributed by atoms with Crippen molar-refractivity contribution < 1.29 is 14.3 Å². The zero-order valence-electron chi connectivity index (χ0n) is 14.7. The molecule has 150 valence electrons. The van der Waals surface area contributed by atoms with Gasteiger partial charge in [0.05, 0.1) is 23.3 Å². The fourth-order valence-corrected chi connectivity index (χ4v) is 3.47. The van der Waals surface area contributed by atoms with Gasteiger partial charge < -0.3 is 20.6 Å². The second kappa shape index (κ2) is 10.1. The fraction of sp³-hybridized carbons (Fsp3) is 0.312. The largest absolute Gasteiger partial charge is 0.480 e. The van der Waals surface area contributed by atoms with E-state index in [0.717, 1.165) is 5.13 Å². The molecule has 1 saturated heterocycles. The second-order valence-electron chi connectivity index (χ2n) is 5.64. The van der Waals surface area contributed by atoms with E-state index in [-0.39, 0.29) is 18.2 Å². The summed E-state index contributed by atoms with van der Waals surface area (Å²) in [6.45, 7) is 2.44. The third-order valence-electron chi connectivity index (χ3n) is 3.81. The lowest BCUT2D eigenvalue weighted by Crippen LogP contribution is -2.46. The van der Waals surface area contributed by atoms with Crippen molar-refractivity contribution in [2.75, 3.05) is 42.5 Å². The zero-order valence-corrected chi connectivity index (χ0v) is 16.3. The number of anilines is 2. The monoisotopic (exact) mass is 427 g/mol. The summed E-state index contributed by atoms with van der Waals surface area (Å²) >= 11 is 7.29. The first-order valence-corrected chi connectivity index (χ1v) is 9.34. The summed E-state index contributed by atoms with van der Waals surface area (Å²) in [5.74, 6) is -1.33. The summed E-state index contributed by atoms with van der Waals surface area (Å²) < 4.78 is 13.9. The van der Waals surface area contributed by atoms with Crippen molar-refractivity contribution in [3.63, 3.8) is 0 Å². The van der Waals surface area contributed by atoms with E-state index >= 15 is 0 Å². The molecule has 0 spiro atoms. The number of nitrogens with two attached hydrogens (primary N) is 1. The quantitative estimate of drug-likeness (QED) is 0.335. The Kier molecular flexibility index (Phi) is 7.79. The number of carbonyl (C=O) groups is 1. The number of aliphatic carboxylic acids is 1. The minimum absolute atomic E-state index is 0.0895. The molecular formula is C16H19ClFN7O2S. The smallest absolute Gasteiger partial charge is 0.317 e. The van der Waals surface area contributed by atoms with Gasteiger partial charge in [-0.2, -0.15) is 0 Å². The van der Waals surface area contributed by atoms with Crippen LogP contribution in [-0.2, 0) is 4.79 Å². The summed E-state index contributed by atoms with van der Waals surface area (Å²) in [4.78, 5) is 18.1. The van der Waals surface area contributed by atoms with Gasteiger partial charge in [-0.05, 0) is 18.2 Å². The molecule has 1 aromatic heterocycles. The van der Waals surface area contributed by atoms with Crippen molar-refractivity contribution in [1.82, 2.24) is 4.98 Å². The number of amidine groups is 1. The van der Waals surface area contributed by atoms with Crippen molar-refractivity contribution in [2.45, 2.75) is 0 Å². The molecule has 12 heteroatoms. The first-order valence-electron chi connectivity index (χ1n) is 8.14. The van der Waals surface area contributed by atoms with Gasteiger partial charge in [-0.25, -0.2) is 14.9 Å². The predicted octanol–water partition coefficient (Wildman–Crippen LogP) is 2.65. The van der Waals surface area contributed by atoms with Gasteiger partial charge in [0, 0.05) is 31.2 Å². The molecule has 5 N–H and O–H groups in total. The van der Waals surface area contributed by atoms with Gasteiger partial charge in [-0.3, -0.25) is 10.2 Å². The highest BCUT2D eigenvalue weighted by atomic mass is 35.5. The lowest BCUT2D eigenvalue weighted by Gasteiger charge is -2.36. The number of halogens is 2. The molecule has 0 bridgehead atoms. The molecule has 1 fully saturated rings. The highest BCUT2D eigenvalue weighted by Gasteiger charge is 2.22. The molecule has 9 nitrogen and oxygen atoms in total. The number of nitrogens with zero attached hydrogens (tertiary/aromatic N) is 4. The third-order valence-corrected chi connectivity index (χ3v) is 5.11. The number of carboxylic acids is 1. The van der Waals surface area contributed by atoms with Crippen molar-refractivity contribution in [3.8, 4) is 0 Å². The Morgan fingerprint density at radius 2 is 1.96 bits per heavy atom. The Bertz CT molecular complexity index is 855. The molecule has 0 saturated carbocycles. The maximum Gasteiger partial charge on any atom is 0.317 e. The first-order chi connectivity index (χ1) is 13.3. The van der Waals surface area contributed by atoms with E-state index in [0.29, 0.717) is 41.8 Å². The minimum atomic E-state index is -0.968. The molecule has 1 aliphatic rings. The number of nitrogens with one attached hydrogen (secondary N) is 2. The van der Waals surface area contributed by atoms with Gasteiger partial charge in [0.1, 0.15) is 5.82 Å². The van der Waals surface area contributed by atoms with Crippen LogP contribution in [0.3, 0.4) is 0 Å². The standard InChI is InChI=1S/C14H14ClFN6S.C2H5NO2/c15-9-1-2-10(16)11(7-9)21-3-5-22(6-4-21)14-19-8-12(23-14)13(17)20-18;3-1-2(4)5/h1-2,7-8,17-18H,3-6H2;1,3H2,(H,4,5). The summed E-state index contributed by atoms with van der Waals surface area (Å²) in [6.07, 6.45) is 1.56. The summed E-state index contributed by atoms with van der Waals surface area (Å²) in [7, 11) is 0. The van der Waals surface area contributed by atoms with Crippen molar-refractivity contribution >= 4 is 45.6 Å². The van der Waals surface area contributed by atoms with Crippen LogP contribution in [-0.4, -0.2) is 54.6 Å². The highest BCUT2D eigenvalue weighted by Crippen LogP contribution is 2.28. The first kappa shape index (κ1) is 21.7. The van der Waals surface area contributed by atoms with E-state index in [1.165, 1.54) is 17.4 Å². The highest BCUT2D eigenvalue weighted by molar-refractivity contribution is 7.17. The lowest BCUT2D eigenvalue weighted by molar-refractivity contribution is -0.135. The SMILES string of the molecule is N=NC(=N)c1cnc(N2CCN(c3cc(Cl)ccc3F)CC2)s1.NCC(=O)O. The van der Waals surface area contributed by atoms with Crippen LogP contribution in [0.1, 0.15) is 4.88 Å². The Labute approximate surface area is 169 Å². The fourth-order valence-electron chi connectivity index (χ4n) is 2.44. The molecule has 0 aliphatic carbocycles. The maximum absolute atomic E-state index is 13.9. The molecule has 1 aromatic carbocycles. The van der Waals surface area contributed by atoms with Gasteiger partial charge >= 0.3 is 5.97 Å². The molecule has 0 unspecified atom stereocenters. The normalized spacial score (nSPS) is 13.5. The number of rotatable bonds is 4. The third kappa shape index (κ3) is 5.68. The van der Waals surface area contributed by atoms with E-state index in [4.69, 9.17) is 27.6 Å². The van der Waals surface area contributed by atoms with E-state index in [1.807, 2.05) is 4.90 Å². The van der Waals surface area contributed by atoms with E-state index in [9.17, 15) is 9.18 Å². The van der Waals surface area contributed by atoms with Crippen LogP contribution < -0.4 is 15.5 Å². The Hall–Kier alpha value is -2.63. The summed E-state index contributed by atoms with van der Waals surface area (Å²) in [5, 5.41) is 19.5. The van der Waals surface area contributed by atoms with Crippen LogP contribution in [0.25, 0.3) is 0 Å². The Morgan fingerprint density at radius 1 is 1.36 bits per heavy atom. The van der Waals surface area contributed by atoms with Crippen LogP contribution in [0.2, 0.25) is 5.02 Å². The number of hydrogen-bond donors (Lipinski definition) is 4. The second-order valence-corrected chi connectivity index (χ2v) is 7.08. The molecule has 0 amide bonds. The average Bonchev–Trinajstić information content (AvgIpc) is 3.20. The van der Waals surface area contributed by atoms with Gasteiger partial charge in [-0.15, -0.1) is 5.11 Å². The summed E-state index contributed by atoms with van der Waals surface area (Å²) in [6, 6.07) is 4.57. The topological polar surface area (TPSA) is 143 Å². The number of piperazine rings is 1. The van der Waals surface area contributed by atoms with E-state index in [2.05, 4.69) is 20.7 Å². The van der Waals surface area contributed by atoms with Crippen molar-refractivity contribution in [3.05, 3.63) is 40.1 Å². The van der Waals surface area contributed by atoms with Gasteiger partial charge in [0.2, 0.25) is 0 Å². The van der Waals surface area contributed by atoms with E-state index in [1.54, 1.807) is 18.3 Å². The number of benzene rings is 1. The van der Waals surface area contributed by atoms with Crippen molar-refractivity contribution in [2.24, 2.45) is 10.8 Å². The van der Waals surface area contributed by atoms with Gasteiger partial charge in [-0.1, -0.05) is 22.9 Å². The number of hydrogen-bond acceptors (Lipinski definition) is 8. The van der Waals surface area contributed by atoms with Gasteiger partial charge in [0.15, 0.2) is 11.0 Å². The van der Waals surface area contributed by atoms with Crippen LogP contribution in [0.5, 0.6) is 0 Å². The number of aromatic nitrogens is 1. The lowest BCUT2D eigenvalue weighted by atomic mass is 10.2. The maximum atomic E-state index is 13.9. The molecule has 3 rings (SSSR count). The molecule has 28 heavy (non-hydrogen) atoms. The van der Waals surface area contributed by atoms with Crippen LogP contribution in [0.4, 0.5) is 15.2 Å². The zero-order chi connectivity index (χ0) is 20.7. The van der Waals surface area contributed by atoms with Crippen molar-refractivity contribution in [1.29, 1.82) is 10.9 Å². The summed E-state index contributed by atoms with van der Waals surface area (Å²) in [5.41, 5.74) is 12.0. The molecule has 1 aliphatic heterocycles. The molecule has 0 atom stereocenters. The van der Waals surface area contributed by atoms with Crippen LogP contribution in [0, 0.1) is 16.8 Å². The minimum Gasteiger partial charge on any atom is -0.480 e. The van der Waals surface area contributed by atoms with Crippen LogP contribution >= 0.6 is 22.9 Å². The molecule has 2 heterocycles. The molecular weight excluding hydrogens is 409 g/mol. The van der Waals surface area contributed by atoms with E-state index < -0.39 is 5.97 Å².